The number of allylic oxidation sites excluding steroid dienone is 4. The van der Waals surface area contributed by atoms with Crippen LogP contribution in [0.2, 0.25) is 0 Å². The first kappa shape index (κ1) is 7.59. The van der Waals surface area contributed by atoms with Gasteiger partial charge in [0.25, 0.3) is 0 Å². The molecule has 0 heterocycles. The standard InChI is InChI=1S/C10H16/c1-2-3-7-10-8-5-4-6-9-10/h3,5,7-8,10H,2,4,6,9H2,1H3. The highest BCUT2D eigenvalue weighted by Crippen LogP contribution is 2.17. The summed E-state index contributed by atoms with van der Waals surface area (Å²) in [5.41, 5.74) is 0. The monoisotopic (exact) mass is 136 g/mol. The van der Waals surface area contributed by atoms with Gasteiger partial charge in [0, 0.05) is 0 Å². The first-order valence-electron chi connectivity index (χ1n) is 4.27. The molecule has 0 aromatic rings. The van der Waals surface area contributed by atoms with E-state index in [1.54, 1.807) is 0 Å². The fourth-order valence-corrected chi connectivity index (χ4v) is 1.31. The van der Waals surface area contributed by atoms with E-state index in [0.717, 1.165) is 5.92 Å². The molecule has 0 aliphatic heterocycles. The molecule has 1 rings (SSSR count). The molecule has 1 aliphatic carbocycles. The van der Waals surface area contributed by atoms with E-state index in [1.165, 1.54) is 25.7 Å². The molecule has 0 saturated heterocycles. The second-order valence-electron chi connectivity index (χ2n) is 2.86. The smallest absolute Gasteiger partial charge is 0.00534 e. The van der Waals surface area contributed by atoms with E-state index in [1.807, 2.05) is 0 Å². The molecule has 56 valence electrons. The summed E-state index contributed by atoms with van der Waals surface area (Å²) in [5.74, 6) is 0.744. The van der Waals surface area contributed by atoms with Crippen LogP contribution in [-0.2, 0) is 0 Å². The summed E-state index contributed by atoms with van der Waals surface area (Å²) in [4.78, 5) is 0. The van der Waals surface area contributed by atoms with Gasteiger partial charge in [-0.05, 0) is 31.6 Å². The Balaban J connectivity index is 2.32. The Morgan fingerprint density at radius 2 is 2.50 bits per heavy atom. The first-order chi connectivity index (χ1) is 4.93. The Hall–Kier alpha value is -0.520. The lowest BCUT2D eigenvalue weighted by molar-refractivity contribution is 0.629. The third-order valence-electron chi connectivity index (χ3n) is 1.91. The van der Waals surface area contributed by atoms with Crippen LogP contribution >= 0.6 is 0 Å². The normalized spacial score (nSPS) is 25.9. The van der Waals surface area contributed by atoms with Gasteiger partial charge < -0.3 is 0 Å². The van der Waals surface area contributed by atoms with Crippen molar-refractivity contribution in [3.8, 4) is 0 Å². The summed E-state index contributed by atoms with van der Waals surface area (Å²) in [6.45, 7) is 2.18. The molecule has 1 atom stereocenters. The lowest BCUT2D eigenvalue weighted by atomic mass is 9.95. The minimum Gasteiger partial charge on any atom is -0.0882 e. The predicted molar refractivity (Wildman–Crippen MR) is 45.9 cm³/mol. The van der Waals surface area contributed by atoms with Gasteiger partial charge in [0.2, 0.25) is 0 Å². The Kier molecular flexibility index (Phi) is 3.28. The fraction of sp³-hybridized carbons (Fsp3) is 0.600. The van der Waals surface area contributed by atoms with E-state index in [9.17, 15) is 0 Å². The highest BCUT2D eigenvalue weighted by molar-refractivity contribution is 5.03. The zero-order valence-corrected chi connectivity index (χ0v) is 6.72. The molecule has 0 spiro atoms. The molecular formula is C10H16. The van der Waals surface area contributed by atoms with Crippen LogP contribution in [0.4, 0.5) is 0 Å². The Labute approximate surface area is 63.6 Å². The lowest BCUT2D eigenvalue weighted by Crippen LogP contribution is -1.95. The molecule has 0 aromatic carbocycles. The van der Waals surface area contributed by atoms with E-state index in [4.69, 9.17) is 0 Å². The van der Waals surface area contributed by atoms with Crippen LogP contribution in [-0.4, -0.2) is 0 Å². The van der Waals surface area contributed by atoms with Crippen molar-refractivity contribution < 1.29 is 0 Å². The zero-order valence-electron chi connectivity index (χ0n) is 6.72. The van der Waals surface area contributed by atoms with Crippen molar-refractivity contribution >= 4 is 0 Å². The lowest BCUT2D eigenvalue weighted by Gasteiger charge is -2.10. The van der Waals surface area contributed by atoms with Crippen molar-refractivity contribution in [2.75, 3.05) is 0 Å². The van der Waals surface area contributed by atoms with Crippen LogP contribution in [0.5, 0.6) is 0 Å². The van der Waals surface area contributed by atoms with E-state index in [0.29, 0.717) is 0 Å². The van der Waals surface area contributed by atoms with Gasteiger partial charge in [-0.1, -0.05) is 31.2 Å². The molecule has 0 saturated carbocycles. The highest BCUT2D eigenvalue weighted by Gasteiger charge is 2.02. The van der Waals surface area contributed by atoms with Crippen LogP contribution in [0.15, 0.2) is 24.3 Å². The highest BCUT2D eigenvalue weighted by atomic mass is 14.1. The van der Waals surface area contributed by atoms with Crippen molar-refractivity contribution in [2.45, 2.75) is 32.6 Å². The summed E-state index contributed by atoms with van der Waals surface area (Å²) < 4.78 is 0. The maximum Gasteiger partial charge on any atom is -0.00534 e. The first-order valence-corrected chi connectivity index (χ1v) is 4.27. The molecule has 0 aromatic heterocycles. The molecule has 0 heteroatoms. The van der Waals surface area contributed by atoms with Crippen molar-refractivity contribution in [1.29, 1.82) is 0 Å². The van der Waals surface area contributed by atoms with Gasteiger partial charge >= 0.3 is 0 Å². The Morgan fingerprint density at radius 1 is 1.60 bits per heavy atom. The van der Waals surface area contributed by atoms with Gasteiger partial charge in [-0.15, -0.1) is 0 Å². The molecule has 1 aliphatic rings. The topological polar surface area (TPSA) is 0 Å². The molecule has 0 N–H and O–H groups in total. The maximum atomic E-state index is 2.33. The SMILES string of the molecule is CCC=CC1C=CCCC1. The molecule has 0 bridgehead atoms. The van der Waals surface area contributed by atoms with Crippen LogP contribution < -0.4 is 0 Å². The van der Waals surface area contributed by atoms with Crippen molar-refractivity contribution in [3.63, 3.8) is 0 Å². The summed E-state index contributed by atoms with van der Waals surface area (Å²) in [7, 11) is 0. The second kappa shape index (κ2) is 4.32. The summed E-state index contributed by atoms with van der Waals surface area (Å²) in [6.07, 6.45) is 14.4. The third kappa shape index (κ3) is 2.38. The average Bonchev–Trinajstić information content (AvgIpc) is 2.03. The molecule has 1 unspecified atom stereocenters. The Bertz CT molecular complexity index is 131. The van der Waals surface area contributed by atoms with Crippen LogP contribution in [0.25, 0.3) is 0 Å². The predicted octanol–water partition coefficient (Wildman–Crippen LogP) is 3.31. The van der Waals surface area contributed by atoms with Gasteiger partial charge in [-0.3, -0.25) is 0 Å². The molecule has 0 nitrogen and oxygen atoms in total. The second-order valence-corrected chi connectivity index (χ2v) is 2.86. The zero-order chi connectivity index (χ0) is 7.23. The van der Waals surface area contributed by atoms with Crippen LogP contribution in [0.1, 0.15) is 32.6 Å². The van der Waals surface area contributed by atoms with E-state index < -0.39 is 0 Å². The van der Waals surface area contributed by atoms with Gasteiger partial charge in [-0.25, -0.2) is 0 Å². The van der Waals surface area contributed by atoms with Gasteiger partial charge in [0.15, 0.2) is 0 Å². The average molecular weight is 136 g/mol. The summed E-state index contributed by atoms with van der Waals surface area (Å²) in [6, 6.07) is 0. The van der Waals surface area contributed by atoms with E-state index in [2.05, 4.69) is 31.2 Å². The number of rotatable bonds is 2. The molecular weight excluding hydrogens is 120 g/mol. The van der Waals surface area contributed by atoms with Crippen molar-refractivity contribution in [2.24, 2.45) is 5.92 Å². The van der Waals surface area contributed by atoms with E-state index >= 15 is 0 Å². The van der Waals surface area contributed by atoms with Gasteiger partial charge in [0.1, 0.15) is 0 Å². The quantitative estimate of drug-likeness (QED) is 0.511. The number of hydrogen-bond donors (Lipinski definition) is 0. The Morgan fingerprint density at radius 3 is 3.10 bits per heavy atom. The van der Waals surface area contributed by atoms with Crippen LogP contribution in [0.3, 0.4) is 0 Å². The van der Waals surface area contributed by atoms with Crippen LogP contribution in [0, 0.1) is 5.92 Å². The minimum absolute atomic E-state index is 0.744. The summed E-state index contributed by atoms with van der Waals surface area (Å²) >= 11 is 0. The minimum atomic E-state index is 0.744. The number of hydrogen-bond acceptors (Lipinski definition) is 0. The summed E-state index contributed by atoms with van der Waals surface area (Å²) in [5, 5.41) is 0. The molecule has 0 amide bonds. The maximum absolute atomic E-state index is 2.33. The molecule has 10 heavy (non-hydrogen) atoms. The molecule has 0 radical (unpaired) electrons. The molecule has 0 fully saturated rings. The van der Waals surface area contributed by atoms with Crippen molar-refractivity contribution in [1.82, 2.24) is 0 Å². The van der Waals surface area contributed by atoms with Gasteiger partial charge in [0.05, 0.1) is 0 Å². The third-order valence-corrected chi connectivity index (χ3v) is 1.91. The van der Waals surface area contributed by atoms with Crippen molar-refractivity contribution in [3.05, 3.63) is 24.3 Å². The van der Waals surface area contributed by atoms with Gasteiger partial charge in [-0.2, -0.15) is 0 Å². The van der Waals surface area contributed by atoms with E-state index in [-0.39, 0.29) is 0 Å². The largest absolute Gasteiger partial charge is 0.0882 e. The fourth-order valence-electron chi connectivity index (χ4n) is 1.31.